The van der Waals surface area contributed by atoms with Gasteiger partial charge in [-0.25, -0.2) is 23.8 Å². The van der Waals surface area contributed by atoms with E-state index in [1.54, 1.807) is 42.5 Å². The third kappa shape index (κ3) is 2.97. The van der Waals surface area contributed by atoms with Crippen molar-refractivity contribution in [2.45, 2.75) is 25.5 Å². The highest BCUT2D eigenvalue weighted by Gasteiger charge is 2.62. The van der Waals surface area contributed by atoms with Crippen LogP contribution in [0.3, 0.4) is 0 Å². The molecule has 0 radical (unpaired) electrons. The van der Waals surface area contributed by atoms with Gasteiger partial charge < -0.3 is 14.2 Å². The van der Waals surface area contributed by atoms with Crippen molar-refractivity contribution < 1.29 is 28.0 Å². The molecule has 0 bridgehead atoms. The van der Waals surface area contributed by atoms with E-state index in [9.17, 15) is 14.4 Å². The predicted octanol–water partition coefficient (Wildman–Crippen LogP) is 1.11. The molecular formula is C24H19FN8O5. The Bertz CT molecular complexity index is 1630. The molecule has 192 valence electrons. The first kappa shape index (κ1) is 22.5. The van der Waals surface area contributed by atoms with Crippen LogP contribution in [-0.4, -0.2) is 68.0 Å². The second-order valence-corrected chi connectivity index (χ2v) is 9.45. The molecule has 3 aliphatic heterocycles. The van der Waals surface area contributed by atoms with E-state index in [1.165, 1.54) is 11.0 Å². The number of morpholine rings is 1. The minimum Gasteiger partial charge on any atom is -0.374 e. The molecule has 2 fully saturated rings. The van der Waals surface area contributed by atoms with Gasteiger partial charge >= 0.3 is 6.03 Å². The van der Waals surface area contributed by atoms with Gasteiger partial charge in [-0.3, -0.25) is 20.2 Å². The number of carbonyl (C=O) groups excluding carboxylic acids is 3. The summed E-state index contributed by atoms with van der Waals surface area (Å²) >= 11 is 0. The zero-order valence-corrected chi connectivity index (χ0v) is 19.8. The van der Waals surface area contributed by atoms with Crippen LogP contribution < -0.4 is 15.5 Å². The molecular weight excluding hydrogens is 499 g/mol. The van der Waals surface area contributed by atoms with Gasteiger partial charge in [0.05, 0.1) is 41.7 Å². The summed E-state index contributed by atoms with van der Waals surface area (Å²) in [5.41, 5.74) is 0.134. The van der Waals surface area contributed by atoms with Gasteiger partial charge in [0.15, 0.2) is 11.2 Å². The molecule has 2 unspecified atom stereocenters. The number of ether oxygens (including phenoxy) is 1. The molecule has 4 amide bonds. The average Bonchev–Trinajstić information content (AvgIpc) is 3.55. The van der Waals surface area contributed by atoms with Crippen LogP contribution in [-0.2, 0) is 20.7 Å². The number of carbonyl (C=O) groups is 3. The lowest BCUT2D eigenvalue weighted by molar-refractivity contribution is -0.151. The normalized spacial score (nSPS) is 22.3. The van der Waals surface area contributed by atoms with Crippen LogP contribution in [0, 0.1) is 11.2 Å². The highest BCUT2D eigenvalue weighted by Crippen LogP contribution is 2.48. The third-order valence-electron chi connectivity index (χ3n) is 7.44. The Morgan fingerprint density at radius 3 is 2.79 bits per heavy atom. The molecule has 3 aromatic heterocycles. The van der Waals surface area contributed by atoms with Crippen molar-refractivity contribution in [3.05, 3.63) is 48.4 Å². The zero-order chi connectivity index (χ0) is 26.2. The lowest BCUT2D eigenvalue weighted by Gasteiger charge is -2.54. The number of urea groups is 1. The van der Waals surface area contributed by atoms with E-state index in [0.717, 1.165) is 0 Å². The third-order valence-corrected chi connectivity index (χ3v) is 7.44. The van der Waals surface area contributed by atoms with Gasteiger partial charge in [-0.1, -0.05) is 5.16 Å². The maximum absolute atomic E-state index is 16.1. The fraction of sp³-hybridized carbons (Fsp3) is 0.292. The molecule has 1 aromatic carbocycles. The SMILES string of the molecule is CC1OCCN2c3c(cc4c(-n5cc(-c6ccncn6)cn5)noc4c3F)CC3(C(=O)NC(=O)NC3=O)C12. The second-order valence-electron chi connectivity index (χ2n) is 9.45. The first-order valence-electron chi connectivity index (χ1n) is 11.9. The van der Waals surface area contributed by atoms with Gasteiger partial charge in [-0.15, -0.1) is 0 Å². The summed E-state index contributed by atoms with van der Waals surface area (Å²) in [5.74, 6) is -1.95. The molecule has 7 rings (SSSR count). The first-order chi connectivity index (χ1) is 18.4. The van der Waals surface area contributed by atoms with E-state index < -0.39 is 41.2 Å². The number of rotatable bonds is 2. The minimum atomic E-state index is -1.72. The Kier molecular flexibility index (Phi) is 4.67. The van der Waals surface area contributed by atoms with Gasteiger partial charge in [-0.05, 0) is 24.6 Å². The number of hydrogen-bond donors (Lipinski definition) is 2. The van der Waals surface area contributed by atoms with E-state index in [4.69, 9.17) is 9.26 Å². The van der Waals surface area contributed by atoms with Crippen LogP contribution in [0.15, 0.2) is 41.6 Å². The number of imide groups is 2. The largest absolute Gasteiger partial charge is 0.374 e. The Morgan fingerprint density at radius 2 is 2.03 bits per heavy atom. The molecule has 3 aliphatic rings. The molecule has 38 heavy (non-hydrogen) atoms. The fourth-order valence-corrected chi connectivity index (χ4v) is 5.85. The molecule has 0 saturated carbocycles. The minimum absolute atomic E-state index is 0.0839. The fourth-order valence-electron chi connectivity index (χ4n) is 5.85. The summed E-state index contributed by atoms with van der Waals surface area (Å²) in [4.78, 5) is 48.3. The highest BCUT2D eigenvalue weighted by atomic mass is 19.1. The summed E-state index contributed by atoms with van der Waals surface area (Å²) in [6.07, 6.45) is 5.51. The van der Waals surface area contributed by atoms with E-state index >= 15 is 4.39 Å². The average molecular weight is 518 g/mol. The predicted molar refractivity (Wildman–Crippen MR) is 126 cm³/mol. The van der Waals surface area contributed by atoms with Gasteiger partial charge in [0, 0.05) is 30.9 Å². The maximum atomic E-state index is 16.1. The summed E-state index contributed by atoms with van der Waals surface area (Å²) in [6.45, 7) is 2.20. The summed E-state index contributed by atoms with van der Waals surface area (Å²) in [5, 5.41) is 13.1. The second kappa shape index (κ2) is 7.89. The molecule has 14 heteroatoms. The van der Waals surface area contributed by atoms with Crippen molar-refractivity contribution in [2.24, 2.45) is 5.41 Å². The number of aromatic nitrogens is 5. The Balaban J connectivity index is 1.40. The summed E-state index contributed by atoms with van der Waals surface area (Å²) < 4.78 is 28.8. The van der Waals surface area contributed by atoms with Crippen molar-refractivity contribution in [1.82, 2.24) is 35.5 Å². The quantitative estimate of drug-likeness (QED) is 0.368. The van der Waals surface area contributed by atoms with Crippen molar-refractivity contribution in [3.63, 3.8) is 0 Å². The van der Waals surface area contributed by atoms with Crippen LogP contribution in [0.1, 0.15) is 12.5 Å². The van der Waals surface area contributed by atoms with Crippen LogP contribution >= 0.6 is 0 Å². The number of nitrogens with zero attached hydrogens (tertiary/aromatic N) is 6. The molecule has 2 atom stereocenters. The lowest BCUT2D eigenvalue weighted by Crippen LogP contribution is -2.74. The standard InChI is InChI=1S/C24H19FN8O5/c1-11-19-24(21(34)29-23(36)30-22(24)35)7-12-6-14-18(16(25)17(12)32(19)4-5-37-11)38-31-20(14)33-9-13(8-28-33)15-2-3-26-10-27-15/h2-3,6,8-11,19H,4-5,7H2,1H3,(H2,29,30,34,35,36). The number of fused-ring (bicyclic) bond motifs is 5. The summed E-state index contributed by atoms with van der Waals surface area (Å²) in [6, 6.07) is 1.63. The van der Waals surface area contributed by atoms with Crippen molar-refractivity contribution in [1.29, 1.82) is 0 Å². The van der Waals surface area contributed by atoms with E-state index in [1.807, 2.05) is 0 Å². The topological polar surface area (TPSA) is 157 Å². The van der Waals surface area contributed by atoms with Crippen molar-refractivity contribution in [3.8, 4) is 17.1 Å². The van der Waals surface area contributed by atoms with Gasteiger partial charge in [0.1, 0.15) is 6.33 Å². The number of barbiturate groups is 1. The number of benzene rings is 1. The number of anilines is 1. The molecule has 4 aromatic rings. The highest BCUT2D eigenvalue weighted by molar-refractivity contribution is 6.20. The van der Waals surface area contributed by atoms with Gasteiger partial charge in [-0.2, -0.15) is 5.10 Å². The van der Waals surface area contributed by atoms with E-state index in [0.29, 0.717) is 22.2 Å². The van der Waals surface area contributed by atoms with Gasteiger partial charge in [0.2, 0.25) is 23.2 Å². The number of amides is 4. The molecule has 1 spiro atoms. The van der Waals surface area contributed by atoms with Crippen LogP contribution in [0.2, 0.25) is 0 Å². The summed E-state index contributed by atoms with van der Waals surface area (Å²) in [7, 11) is 0. The van der Waals surface area contributed by atoms with Crippen LogP contribution in [0.25, 0.3) is 28.0 Å². The monoisotopic (exact) mass is 518 g/mol. The Hall–Kier alpha value is -4.72. The molecule has 2 saturated heterocycles. The number of halogens is 1. The molecule has 0 aliphatic carbocycles. The number of nitrogens with one attached hydrogen (secondary N) is 2. The molecule has 6 heterocycles. The Morgan fingerprint density at radius 1 is 1.21 bits per heavy atom. The first-order valence-corrected chi connectivity index (χ1v) is 11.9. The van der Waals surface area contributed by atoms with E-state index in [2.05, 4.69) is 30.9 Å². The molecule has 13 nitrogen and oxygen atoms in total. The smallest absolute Gasteiger partial charge is 0.328 e. The van der Waals surface area contributed by atoms with Crippen LogP contribution in [0.4, 0.5) is 14.9 Å². The lowest BCUT2D eigenvalue weighted by atomic mass is 9.66. The molecule has 2 N–H and O–H groups in total. The van der Waals surface area contributed by atoms with E-state index in [-0.39, 0.29) is 36.7 Å². The van der Waals surface area contributed by atoms with Crippen molar-refractivity contribution in [2.75, 3.05) is 18.1 Å². The van der Waals surface area contributed by atoms with Gasteiger partial charge in [0.25, 0.3) is 0 Å². The van der Waals surface area contributed by atoms with Crippen molar-refractivity contribution >= 4 is 34.5 Å². The zero-order valence-electron chi connectivity index (χ0n) is 19.8. The maximum Gasteiger partial charge on any atom is 0.328 e. The Labute approximate surface area is 212 Å². The number of hydrogen-bond acceptors (Lipinski definition) is 10. The van der Waals surface area contributed by atoms with Crippen LogP contribution in [0.5, 0.6) is 0 Å².